The number of halogens is 3. The second-order valence-corrected chi connectivity index (χ2v) is 16.9. The molecule has 2 amide bonds. The Hall–Kier alpha value is -3.29. The van der Waals surface area contributed by atoms with Crippen LogP contribution in [0.3, 0.4) is 0 Å². The molecule has 2 aromatic carbocycles. The lowest BCUT2D eigenvalue weighted by Gasteiger charge is -2.57. The first kappa shape index (κ1) is 31.9. The summed E-state index contributed by atoms with van der Waals surface area (Å²) in [7, 11) is 0. The van der Waals surface area contributed by atoms with Crippen LogP contribution >= 0.6 is 0 Å². The third kappa shape index (κ3) is 5.27. The SMILES string of the molecule is Cc1[nH]c2ccccc2c1[C@@H]1[C@@H](CC(=O)N(Cc2ccc(C(F)(F)F)cc2)C2(C(=O)NC34CC5CC(CC(C5)C3)C4)CCCC2)C1(C)C. The van der Waals surface area contributed by atoms with Gasteiger partial charge < -0.3 is 15.2 Å². The highest BCUT2D eigenvalue weighted by Gasteiger charge is 2.61. The summed E-state index contributed by atoms with van der Waals surface area (Å²) in [4.78, 5) is 34.9. The Kier molecular flexibility index (Phi) is 7.40. The van der Waals surface area contributed by atoms with Gasteiger partial charge in [-0.05, 0) is 123 Å². The van der Waals surface area contributed by atoms with Gasteiger partial charge in [0.05, 0.1) is 5.56 Å². The number of nitrogens with one attached hydrogen (secondary N) is 2. The number of aryl methyl sites for hydroxylation is 1. The number of H-pyrrole nitrogens is 1. The molecule has 0 unspecified atom stereocenters. The normalized spacial score (nSPS) is 31.2. The molecule has 2 atom stereocenters. The zero-order valence-electron chi connectivity index (χ0n) is 28.4. The summed E-state index contributed by atoms with van der Waals surface area (Å²) < 4.78 is 40.4. The number of carbonyl (C=O) groups excluding carboxylic acids is 2. The van der Waals surface area contributed by atoms with Crippen molar-refractivity contribution in [3.05, 3.63) is 70.9 Å². The minimum absolute atomic E-state index is 0.0405. The van der Waals surface area contributed by atoms with Gasteiger partial charge in [0, 0.05) is 35.1 Å². The first-order valence-corrected chi connectivity index (χ1v) is 18.1. The summed E-state index contributed by atoms with van der Waals surface area (Å²) in [6, 6.07) is 13.4. The number of aromatic nitrogens is 1. The predicted molar refractivity (Wildman–Crippen MR) is 180 cm³/mol. The molecule has 0 radical (unpaired) electrons. The van der Waals surface area contributed by atoms with E-state index in [-0.39, 0.29) is 41.1 Å². The number of rotatable bonds is 8. The Morgan fingerprint density at radius 2 is 1.52 bits per heavy atom. The van der Waals surface area contributed by atoms with Crippen molar-refractivity contribution in [3.8, 4) is 0 Å². The van der Waals surface area contributed by atoms with Crippen LogP contribution in [0.4, 0.5) is 13.2 Å². The maximum Gasteiger partial charge on any atom is 0.416 e. The number of fused-ring (bicyclic) bond motifs is 1. The van der Waals surface area contributed by atoms with E-state index in [0.717, 1.165) is 55.4 Å². The van der Waals surface area contributed by atoms with Crippen LogP contribution in [-0.2, 0) is 22.3 Å². The first-order valence-electron chi connectivity index (χ1n) is 18.1. The van der Waals surface area contributed by atoms with Crippen LogP contribution in [-0.4, -0.2) is 32.8 Å². The lowest BCUT2D eigenvalue weighted by Crippen LogP contribution is -2.66. The largest absolute Gasteiger partial charge is 0.416 e. The van der Waals surface area contributed by atoms with Crippen LogP contribution < -0.4 is 5.32 Å². The van der Waals surface area contributed by atoms with E-state index in [1.165, 1.54) is 42.3 Å². The molecule has 0 spiro atoms. The molecule has 48 heavy (non-hydrogen) atoms. The van der Waals surface area contributed by atoms with E-state index >= 15 is 0 Å². The molecule has 9 rings (SSSR count). The molecule has 3 aromatic rings. The van der Waals surface area contributed by atoms with Crippen LogP contribution in [0.25, 0.3) is 10.9 Å². The third-order valence-electron chi connectivity index (χ3n) is 13.4. The van der Waals surface area contributed by atoms with Crippen molar-refractivity contribution in [2.75, 3.05) is 0 Å². The highest BCUT2D eigenvalue weighted by molar-refractivity contribution is 5.93. The van der Waals surface area contributed by atoms with Crippen molar-refractivity contribution in [2.24, 2.45) is 29.1 Å². The number of amides is 2. The van der Waals surface area contributed by atoms with Crippen LogP contribution in [0.5, 0.6) is 0 Å². The van der Waals surface area contributed by atoms with E-state index in [9.17, 15) is 22.8 Å². The van der Waals surface area contributed by atoms with Crippen molar-refractivity contribution in [1.29, 1.82) is 0 Å². The van der Waals surface area contributed by atoms with Gasteiger partial charge in [-0.2, -0.15) is 13.2 Å². The number of hydrogen-bond acceptors (Lipinski definition) is 2. The fraction of sp³-hybridized carbons (Fsp3) is 0.600. The molecule has 8 heteroatoms. The summed E-state index contributed by atoms with van der Waals surface area (Å²) in [5, 5.41) is 4.80. The number of benzene rings is 2. The van der Waals surface area contributed by atoms with Gasteiger partial charge in [-0.1, -0.05) is 57.0 Å². The molecular formula is C40H48F3N3O2. The van der Waals surface area contributed by atoms with E-state index in [2.05, 4.69) is 43.2 Å². The molecule has 6 saturated carbocycles. The average Bonchev–Trinajstić information content (AvgIpc) is 3.37. The molecule has 2 N–H and O–H groups in total. The number of aromatic amines is 1. The van der Waals surface area contributed by atoms with Crippen LogP contribution in [0, 0.1) is 36.0 Å². The van der Waals surface area contributed by atoms with Crippen molar-refractivity contribution < 1.29 is 22.8 Å². The zero-order valence-corrected chi connectivity index (χ0v) is 28.4. The predicted octanol–water partition coefficient (Wildman–Crippen LogP) is 9.05. The second kappa shape index (κ2) is 11.1. The van der Waals surface area contributed by atoms with Gasteiger partial charge in [0.25, 0.3) is 0 Å². The Labute approximate surface area is 281 Å². The smallest absolute Gasteiger partial charge is 0.358 e. The molecule has 6 aliphatic rings. The van der Waals surface area contributed by atoms with E-state index in [4.69, 9.17) is 0 Å². The Bertz CT molecular complexity index is 1700. The molecule has 0 aliphatic heterocycles. The van der Waals surface area contributed by atoms with Gasteiger partial charge in [-0.15, -0.1) is 0 Å². The van der Waals surface area contributed by atoms with Crippen molar-refractivity contribution in [3.63, 3.8) is 0 Å². The Morgan fingerprint density at radius 1 is 0.917 bits per heavy atom. The summed E-state index contributed by atoms with van der Waals surface area (Å²) in [5.74, 6) is 2.17. The Morgan fingerprint density at radius 3 is 2.12 bits per heavy atom. The van der Waals surface area contributed by atoms with Gasteiger partial charge in [0.2, 0.25) is 11.8 Å². The van der Waals surface area contributed by atoms with Crippen LogP contribution in [0.15, 0.2) is 48.5 Å². The third-order valence-corrected chi connectivity index (χ3v) is 13.4. The monoisotopic (exact) mass is 659 g/mol. The molecular weight excluding hydrogens is 611 g/mol. The quantitative estimate of drug-likeness (QED) is 0.254. The maximum absolute atomic E-state index is 14.8. The van der Waals surface area contributed by atoms with E-state index in [0.29, 0.717) is 42.6 Å². The van der Waals surface area contributed by atoms with Crippen molar-refractivity contribution in [1.82, 2.24) is 15.2 Å². The van der Waals surface area contributed by atoms with Crippen LogP contribution in [0.1, 0.15) is 113 Å². The second-order valence-electron chi connectivity index (χ2n) is 16.9. The van der Waals surface area contributed by atoms with Gasteiger partial charge in [-0.3, -0.25) is 9.59 Å². The van der Waals surface area contributed by atoms with E-state index in [1.807, 2.05) is 12.1 Å². The molecule has 4 bridgehead atoms. The van der Waals surface area contributed by atoms with Gasteiger partial charge >= 0.3 is 6.18 Å². The summed E-state index contributed by atoms with van der Waals surface area (Å²) >= 11 is 0. The van der Waals surface area contributed by atoms with Gasteiger partial charge in [0.1, 0.15) is 5.54 Å². The van der Waals surface area contributed by atoms with E-state index in [1.54, 1.807) is 4.90 Å². The van der Waals surface area contributed by atoms with Gasteiger partial charge in [-0.25, -0.2) is 0 Å². The molecule has 6 fully saturated rings. The Balaban J connectivity index is 1.11. The van der Waals surface area contributed by atoms with Crippen molar-refractivity contribution >= 4 is 22.7 Å². The summed E-state index contributed by atoms with van der Waals surface area (Å²) in [6.07, 6.45) is 5.59. The molecule has 0 saturated heterocycles. The number of carbonyl (C=O) groups is 2. The van der Waals surface area contributed by atoms with Crippen LogP contribution in [0.2, 0.25) is 0 Å². The molecule has 256 valence electrons. The molecule has 5 nitrogen and oxygen atoms in total. The summed E-state index contributed by atoms with van der Waals surface area (Å²) in [5.41, 5.74) is 2.06. The highest BCUT2D eigenvalue weighted by atomic mass is 19.4. The lowest BCUT2D eigenvalue weighted by molar-refractivity contribution is -0.152. The lowest BCUT2D eigenvalue weighted by atomic mass is 9.53. The minimum atomic E-state index is -4.44. The number of nitrogens with zero attached hydrogens (tertiary/aromatic N) is 1. The highest BCUT2D eigenvalue weighted by Crippen LogP contribution is 2.67. The average molecular weight is 660 g/mol. The minimum Gasteiger partial charge on any atom is -0.358 e. The standard InChI is InChI=1S/C40H48F3N3O2/c1-24-34(30-8-4-5-9-32(30)44-24)35-31(37(35,2)3)19-33(47)46(23-25-10-12-29(13-11-25)40(41,42)43)39(14-6-7-15-39)36(48)45-38-20-26-16-27(21-38)18-28(17-26)22-38/h4-5,8-13,26-28,31,35,44H,6-7,14-23H2,1-3H3,(H,45,48)/t26?,27?,28?,31-,35+,38?/m1/s1. The maximum atomic E-state index is 14.8. The molecule has 6 aliphatic carbocycles. The van der Waals surface area contributed by atoms with E-state index < -0.39 is 17.3 Å². The van der Waals surface area contributed by atoms with Crippen molar-refractivity contribution in [2.45, 2.75) is 121 Å². The molecule has 1 heterocycles. The first-order chi connectivity index (χ1) is 22.8. The fourth-order valence-electron chi connectivity index (χ4n) is 11.4. The number of para-hydroxylation sites is 1. The topological polar surface area (TPSA) is 65.2 Å². The van der Waals surface area contributed by atoms with Gasteiger partial charge in [0.15, 0.2) is 0 Å². The fourth-order valence-corrected chi connectivity index (χ4v) is 11.4. The number of alkyl halides is 3. The number of hydrogen-bond donors (Lipinski definition) is 2. The summed E-state index contributed by atoms with van der Waals surface area (Å²) in [6.45, 7) is 6.67. The zero-order chi connectivity index (χ0) is 33.6. The molecule has 1 aromatic heterocycles.